The first-order valence-electron chi connectivity index (χ1n) is 48.1. The van der Waals surface area contributed by atoms with Gasteiger partial charge < -0.3 is 76.6 Å². The van der Waals surface area contributed by atoms with Crippen LogP contribution in [0.5, 0.6) is 0 Å². The summed E-state index contributed by atoms with van der Waals surface area (Å²) >= 11 is 0. The minimum atomic E-state index is -0.849. The monoisotopic (exact) mass is 1930 g/mol. The average Bonchev–Trinajstić information content (AvgIpc) is 1.65. The van der Waals surface area contributed by atoms with Crippen molar-refractivity contribution < 1.29 is 86.7 Å². The number of benzene rings is 5. The lowest BCUT2D eigenvalue weighted by molar-refractivity contribution is -0.147. The molecule has 5 aromatic carbocycles. The van der Waals surface area contributed by atoms with E-state index in [9.17, 15) is 57.5 Å². The highest BCUT2D eigenvalue weighted by Crippen LogP contribution is 2.45. The molecule has 33 heteroatoms. The van der Waals surface area contributed by atoms with Crippen LogP contribution in [0.15, 0.2) is 152 Å². The van der Waals surface area contributed by atoms with Crippen molar-refractivity contribution in [1.29, 1.82) is 0 Å². The number of hydrogen-bond donors (Lipinski definition) is 9. The number of rotatable bonds is 21. The largest absolute Gasteiger partial charge is 0.481 e. The number of nitrogens with zero attached hydrogens (tertiary/aromatic N) is 7. The quantitative estimate of drug-likeness (QED) is 0.0271. The van der Waals surface area contributed by atoms with Crippen molar-refractivity contribution in [2.24, 2.45) is 41.2 Å². The molecule has 0 radical (unpaired) electrons. The van der Waals surface area contributed by atoms with Gasteiger partial charge in [0.05, 0.1) is 76.0 Å². The first-order chi connectivity index (χ1) is 64.5. The highest BCUT2D eigenvalue weighted by molar-refractivity contribution is 8.93. The number of hydrogen-bond acceptors (Lipinski definition) is 24. The van der Waals surface area contributed by atoms with E-state index in [1.807, 2.05) is 113 Å². The minimum Gasteiger partial charge on any atom is -0.481 e. The first-order valence-corrected chi connectivity index (χ1v) is 48.1. The van der Waals surface area contributed by atoms with Crippen molar-refractivity contribution >= 4 is 88.2 Å². The average molecular weight is 1930 g/mol. The van der Waals surface area contributed by atoms with Crippen LogP contribution in [0.2, 0.25) is 0 Å². The normalized spacial score (nSPS) is 30.3. The van der Waals surface area contributed by atoms with Gasteiger partial charge in [-0.15, -0.1) is 17.0 Å². The summed E-state index contributed by atoms with van der Waals surface area (Å²) in [6.45, 7) is 9.37. The molecule has 0 bridgehead atoms. The van der Waals surface area contributed by atoms with Crippen LogP contribution in [0.25, 0.3) is 0 Å². The third-order valence-electron chi connectivity index (χ3n) is 28.8. The number of nitrogens with one attached hydrogen (secondary N) is 6. The third-order valence-corrected chi connectivity index (χ3v) is 28.8. The summed E-state index contributed by atoms with van der Waals surface area (Å²) < 4.78 is 18.6. The second-order valence-electron chi connectivity index (χ2n) is 38.5. The van der Waals surface area contributed by atoms with E-state index in [2.05, 4.69) is 124 Å². The van der Waals surface area contributed by atoms with E-state index in [-0.39, 0.29) is 154 Å². The zero-order valence-electron chi connectivity index (χ0n) is 79.7. The van der Waals surface area contributed by atoms with E-state index in [4.69, 9.17) is 20.7 Å². The molecule has 14 fully saturated rings. The molecule has 22 atom stereocenters. The van der Waals surface area contributed by atoms with Gasteiger partial charge in [-0.05, 0) is 185 Å². The van der Waals surface area contributed by atoms with E-state index in [1.165, 1.54) is 88.6 Å². The van der Waals surface area contributed by atoms with Gasteiger partial charge in [0.1, 0.15) is 24.2 Å². The zero-order valence-corrected chi connectivity index (χ0v) is 81.4. The van der Waals surface area contributed by atoms with E-state index >= 15 is 0 Å². The van der Waals surface area contributed by atoms with Crippen molar-refractivity contribution in [2.45, 2.75) is 205 Å². The van der Waals surface area contributed by atoms with Gasteiger partial charge in [-0.2, -0.15) is 0 Å². The predicted octanol–water partition coefficient (Wildman–Crippen LogP) is 6.74. The van der Waals surface area contributed by atoms with Gasteiger partial charge in [-0.3, -0.25) is 82.0 Å². The summed E-state index contributed by atoms with van der Waals surface area (Å²) in [4.78, 5) is 155. The molecule has 5 aromatic rings. The minimum absolute atomic E-state index is 0. The number of ether oxygens (including phenoxy) is 4. The molecule has 0 spiro atoms. The Morgan fingerprint density at radius 3 is 0.911 bits per heavy atom. The van der Waals surface area contributed by atoms with Crippen LogP contribution < -0.4 is 37.6 Å². The molecule has 9 aliphatic heterocycles. The topological polar surface area (TPSA) is 403 Å². The Morgan fingerprint density at radius 1 is 0.326 bits per heavy atom. The van der Waals surface area contributed by atoms with Crippen LogP contribution in [-0.2, 0) is 76.5 Å². The van der Waals surface area contributed by atoms with E-state index in [0.717, 1.165) is 77.5 Å². The van der Waals surface area contributed by atoms with Crippen molar-refractivity contribution in [3.8, 4) is 0 Å². The van der Waals surface area contributed by atoms with Crippen LogP contribution in [-0.4, -0.2) is 324 Å². The van der Waals surface area contributed by atoms with Crippen LogP contribution >= 0.6 is 17.0 Å². The smallest absolute Gasteiger partial charge is 0.323 e. The number of carbonyl (C=O) groups is 12. The second kappa shape index (κ2) is 50.8. The number of nitrogens with two attached hydrogens (primary N) is 1. The molecule has 19 rings (SSSR count). The zero-order chi connectivity index (χ0) is 95.8. The van der Waals surface area contributed by atoms with Crippen LogP contribution in [0.3, 0.4) is 0 Å². The third kappa shape index (κ3) is 30.0. The van der Waals surface area contributed by atoms with Crippen molar-refractivity contribution in [2.75, 3.05) is 142 Å². The maximum atomic E-state index is 12.7. The van der Waals surface area contributed by atoms with Crippen LogP contribution in [0.4, 0.5) is 0 Å². The molecule has 736 valence electrons. The van der Waals surface area contributed by atoms with Crippen LogP contribution in [0, 0.1) is 35.5 Å². The number of carboxylic acid groups (broad SMARTS) is 2. The van der Waals surface area contributed by atoms with E-state index < -0.39 is 29.9 Å². The standard InChI is InChI=1S/C20H27N3O2.C19H25N3O2.C17H22N2O3.C16H20N2O3.C9H15NO4.C9H11N.C8H13NO4.C4H9N.BrH/c1-22-13-15(11-18(22)20(25)23-9-5-6-10-23)19(24)21-17-12-16(17)14-7-3-2-4-8-14;23-18(21-16-11-15(16)13-6-2-1-3-7-13)14-10-17(20-12-14)19(24)22-8-4-5-9-22;1-19-10-12(8-15(19)17(21)22-2)16(20)18-14-9-13(14)11-6-4-3-5-7-11;1-18-9-11(7-14(18)16(20)21)15(19)17-13-8-12(13)10-5-3-2-4-6-10;1-10-5-6(8(11)13-2)4-7(10)9(12)14-3;10-9-6-8(9)7-4-2-1-3-5-7;1-9-4-5(7(10)11)3-6(9)8(12)13-2;1-2-4-5-3-1;/h2-4,7-8,15-18H,5-6,9-13H2,1H3,(H,21,24);1-3,6-7,14-17,20H,4-5,8-12H2,(H,21,23);3-7,12-15H,8-10H2,1-2H3,(H,18,20);2-6,11-14H,7-9H2,1H3,(H,17,19)(H,20,21);6-7H,4-5H2,1-3H3;1-5,8-9H,6,10H2;5-6H,3-4H2,1-2H3,(H,10,11);5H,1-4H2;1H/t15-,16-,17?,18-;14-,15-,16?,17-;12-,13-,14?,15-;11-,12+,13?,14-;6-,7-;8-,9+;5-,6-;;/m0000010../s1. The lowest BCUT2D eigenvalue weighted by Crippen LogP contribution is -2.42. The number of carbonyl (C=O) groups excluding carboxylic acids is 10. The molecule has 10 N–H and O–H groups in total. The van der Waals surface area contributed by atoms with Crippen LogP contribution in [0.1, 0.15) is 167 Å². The lowest BCUT2D eigenvalue weighted by Gasteiger charge is -2.24. The van der Waals surface area contributed by atoms with Crippen molar-refractivity contribution in [3.63, 3.8) is 0 Å². The highest BCUT2D eigenvalue weighted by Gasteiger charge is 2.50. The summed E-state index contributed by atoms with van der Waals surface area (Å²) in [7, 11) is 14.5. The molecule has 6 amide bonds. The molecule has 5 saturated carbocycles. The molecule has 32 nitrogen and oxygen atoms in total. The first kappa shape index (κ1) is 105. The summed E-state index contributed by atoms with van der Waals surface area (Å²) in [5.74, 6) is -0.978. The number of likely N-dealkylation sites (N-methyl/N-ethyl adjacent to an activating group) is 5. The Bertz CT molecular complexity index is 4710. The maximum Gasteiger partial charge on any atom is 0.323 e. The highest BCUT2D eigenvalue weighted by atomic mass is 79.9. The Labute approximate surface area is 804 Å². The van der Waals surface area contributed by atoms with Gasteiger partial charge in [-0.1, -0.05) is 152 Å². The molecule has 9 heterocycles. The molecular formula is C102H143BrN14O18. The molecule has 5 aliphatic carbocycles. The Hall–Kier alpha value is -10.1. The van der Waals surface area contributed by atoms with Gasteiger partial charge in [0.25, 0.3) is 0 Å². The Kier molecular flexibility index (Phi) is 39.7. The molecule has 4 unspecified atom stereocenters. The lowest BCUT2D eigenvalue weighted by atomic mass is 10.0. The summed E-state index contributed by atoms with van der Waals surface area (Å²) in [5, 5.41) is 36.9. The maximum absolute atomic E-state index is 12.7. The number of halogens is 1. The fraction of sp³-hybridized carbons (Fsp3) is 0.588. The molecule has 9 saturated heterocycles. The summed E-state index contributed by atoms with van der Waals surface area (Å²) in [5.41, 5.74) is 12.2. The SMILES string of the molecule is Br.C1CCNC1.CN1C[C@@H](C(=O)NC2C[C@@H]2c2ccccc2)C[C@H]1C(=O)O.CN1C[C@@H](C(=O)NC2C[C@H]2c2ccccc2)C[C@H]1C(=O)N1CCCC1.COC(=O)[C@@H]1C[C@H](C(=O)NC2C[C@H]2c2ccccc2)CN1C.COC(=O)[C@@H]1C[C@H](C(=O)O)CN1C.COC(=O)[C@H]1C[C@@H](C(=O)OC)N(C)C1.N[C@H]1C[C@@H]1c1ccccc1.O=C(NC1C[C@H]1c1ccccc1)[C@@H]1CN[C@H](C(=O)N2CCCC2)C1. The van der Waals surface area contributed by atoms with Gasteiger partial charge >= 0.3 is 35.8 Å². The Balaban J connectivity index is 0.000000152. The van der Waals surface area contributed by atoms with Gasteiger partial charge in [-0.25, -0.2) is 0 Å². The summed E-state index contributed by atoms with van der Waals surface area (Å²) in [6, 6.07) is 51.2. The number of amides is 6. The van der Waals surface area contributed by atoms with E-state index in [1.54, 1.807) is 30.9 Å². The number of methoxy groups -OCH3 is 4. The molecule has 14 aliphatic rings. The van der Waals surface area contributed by atoms with Gasteiger partial charge in [0.2, 0.25) is 35.4 Å². The number of aliphatic carboxylic acids is 2. The number of esters is 4. The molecular weight excluding hydrogens is 1790 g/mol. The van der Waals surface area contributed by atoms with Crippen molar-refractivity contribution in [1.82, 2.24) is 66.2 Å². The molecule has 0 aromatic heterocycles. The van der Waals surface area contributed by atoms with Gasteiger partial charge in [0.15, 0.2) is 0 Å². The predicted molar refractivity (Wildman–Crippen MR) is 515 cm³/mol. The number of carboxylic acids is 2. The molecule has 135 heavy (non-hydrogen) atoms. The summed E-state index contributed by atoms with van der Waals surface area (Å²) in [6.07, 6.45) is 15.4. The Morgan fingerprint density at radius 2 is 0.607 bits per heavy atom. The van der Waals surface area contributed by atoms with Crippen molar-refractivity contribution in [3.05, 3.63) is 179 Å². The fourth-order valence-electron chi connectivity index (χ4n) is 20.1. The van der Waals surface area contributed by atoms with E-state index in [0.29, 0.717) is 113 Å². The number of likely N-dealkylation sites (tertiary alicyclic amines) is 7. The fourth-order valence-corrected chi connectivity index (χ4v) is 20.1. The van der Waals surface area contributed by atoms with Gasteiger partial charge in [0, 0.05) is 125 Å². The second-order valence-corrected chi connectivity index (χ2v) is 38.5.